The molecule has 0 atom stereocenters. The third kappa shape index (κ3) is 4.70. The van der Waals surface area contributed by atoms with Gasteiger partial charge in [0.05, 0.1) is 0 Å². The highest BCUT2D eigenvalue weighted by Gasteiger charge is 2.20. The topological polar surface area (TPSA) is 35.6 Å². The summed E-state index contributed by atoms with van der Waals surface area (Å²) in [4.78, 5) is 16.2. The Morgan fingerprint density at radius 2 is 1.81 bits per heavy atom. The molecular weight excluding hydrogens is 269 g/mol. The Hall–Kier alpha value is -1.62. The standard InChI is InChI=1S/C16H24FN3O/c1-13(2)18-8-7-16(21)20-11-9-19(10-12-20)15-5-3-14(17)4-6-15/h3-6,13,18H,7-12H2,1-2H3. The average Bonchev–Trinajstić information content (AvgIpc) is 2.48. The number of nitrogens with zero attached hydrogens (tertiary/aromatic N) is 2. The Bertz CT molecular complexity index is 453. The highest BCUT2D eigenvalue weighted by molar-refractivity contribution is 5.76. The van der Waals surface area contributed by atoms with E-state index in [-0.39, 0.29) is 11.7 Å². The smallest absolute Gasteiger partial charge is 0.223 e. The van der Waals surface area contributed by atoms with Crippen molar-refractivity contribution in [1.82, 2.24) is 10.2 Å². The van der Waals surface area contributed by atoms with Crippen molar-refractivity contribution in [3.8, 4) is 0 Å². The average molecular weight is 293 g/mol. The molecule has 2 rings (SSSR count). The van der Waals surface area contributed by atoms with E-state index < -0.39 is 0 Å². The summed E-state index contributed by atoms with van der Waals surface area (Å²) < 4.78 is 12.9. The predicted octanol–water partition coefficient (Wildman–Crippen LogP) is 1.86. The molecule has 1 aromatic carbocycles. The second-order valence-electron chi connectivity index (χ2n) is 5.70. The number of piperazine rings is 1. The van der Waals surface area contributed by atoms with Crippen molar-refractivity contribution in [2.75, 3.05) is 37.6 Å². The van der Waals surface area contributed by atoms with Crippen LogP contribution in [0.4, 0.5) is 10.1 Å². The molecule has 0 unspecified atom stereocenters. The Balaban J connectivity index is 1.77. The van der Waals surface area contributed by atoms with Crippen molar-refractivity contribution in [2.45, 2.75) is 26.3 Å². The van der Waals surface area contributed by atoms with Crippen LogP contribution in [0.25, 0.3) is 0 Å². The van der Waals surface area contributed by atoms with E-state index in [2.05, 4.69) is 24.1 Å². The van der Waals surface area contributed by atoms with Crippen LogP contribution in [0, 0.1) is 5.82 Å². The normalized spacial score (nSPS) is 15.6. The summed E-state index contributed by atoms with van der Waals surface area (Å²) in [7, 11) is 0. The summed E-state index contributed by atoms with van der Waals surface area (Å²) in [5.74, 6) is -0.00729. The predicted molar refractivity (Wildman–Crippen MR) is 82.9 cm³/mol. The summed E-state index contributed by atoms with van der Waals surface area (Å²) in [5.41, 5.74) is 1.02. The van der Waals surface area contributed by atoms with Gasteiger partial charge in [-0.2, -0.15) is 0 Å². The molecule has 1 aliphatic heterocycles. The van der Waals surface area contributed by atoms with Gasteiger partial charge >= 0.3 is 0 Å². The number of hydrogen-bond acceptors (Lipinski definition) is 3. The summed E-state index contributed by atoms with van der Waals surface area (Å²) in [6.45, 7) is 7.95. The molecule has 0 saturated carbocycles. The van der Waals surface area contributed by atoms with Crippen molar-refractivity contribution in [3.63, 3.8) is 0 Å². The van der Waals surface area contributed by atoms with Gasteiger partial charge in [-0.1, -0.05) is 13.8 Å². The van der Waals surface area contributed by atoms with Gasteiger partial charge in [-0.05, 0) is 24.3 Å². The van der Waals surface area contributed by atoms with Gasteiger partial charge in [-0.3, -0.25) is 4.79 Å². The van der Waals surface area contributed by atoms with Crippen molar-refractivity contribution in [2.24, 2.45) is 0 Å². The van der Waals surface area contributed by atoms with E-state index in [0.717, 1.165) is 38.4 Å². The molecule has 0 spiro atoms. The quantitative estimate of drug-likeness (QED) is 0.900. The molecule has 0 aromatic heterocycles. The molecule has 4 nitrogen and oxygen atoms in total. The van der Waals surface area contributed by atoms with Gasteiger partial charge < -0.3 is 15.1 Å². The molecule has 0 radical (unpaired) electrons. The zero-order valence-electron chi connectivity index (χ0n) is 12.8. The van der Waals surface area contributed by atoms with Gasteiger partial charge in [0.25, 0.3) is 0 Å². The third-order valence-corrected chi connectivity index (χ3v) is 3.72. The fourth-order valence-corrected chi connectivity index (χ4v) is 2.49. The maximum absolute atomic E-state index is 12.9. The lowest BCUT2D eigenvalue weighted by atomic mass is 10.2. The molecule has 1 N–H and O–H groups in total. The first kappa shape index (κ1) is 15.8. The van der Waals surface area contributed by atoms with Crippen LogP contribution in [-0.2, 0) is 4.79 Å². The molecule has 1 amide bonds. The molecule has 21 heavy (non-hydrogen) atoms. The summed E-state index contributed by atoms with van der Waals surface area (Å²) in [6, 6.07) is 6.95. The minimum Gasteiger partial charge on any atom is -0.368 e. The minimum atomic E-state index is -0.217. The van der Waals surface area contributed by atoms with Gasteiger partial charge in [0.1, 0.15) is 5.82 Å². The molecule has 5 heteroatoms. The van der Waals surface area contributed by atoms with Gasteiger partial charge in [0, 0.05) is 50.9 Å². The number of halogens is 1. The second kappa shape index (κ2) is 7.41. The minimum absolute atomic E-state index is 0.210. The lowest BCUT2D eigenvalue weighted by Crippen LogP contribution is -2.49. The van der Waals surface area contributed by atoms with E-state index in [4.69, 9.17) is 0 Å². The van der Waals surface area contributed by atoms with E-state index >= 15 is 0 Å². The maximum atomic E-state index is 12.9. The van der Waals surface area contributed by atoms with Crippen LogP contribution in [0.5, 0.6) is 0 Å². The number of nitrogens with one attached hydrogen (secondary N) is 1. The van der Waals surface area contributed by atoms with Crippen molar-refractivity contribution < 1.29 is 9.18 Å². The first-order chi connectivity index (χ1) is 10.1. The molecule has 0 bridgehead atoms. The van der Waals surface area contributed by atoms with E-state index in [1.165, 1.54) is 12.1 Å². The monoisotopic (exact) mass is 293 g/mol. The number of amides is 1. The van der Waals surface area contributed by atoms with Crippen LogP contribution in [0.1, 0.15) is 20.3 Å². The van der Waals surface area contributed by atoms with Crippen LogP contribution in [-0.4, -0.2) is 49.6 Å². The molecule has 1 aromatic rings. The molecule has 0 aliphatic carbocycles. The van der Waals surface area contributed by atoms with E-state index in [1.807, 2.05) is 4.90 Å². The lowest BCUT2D eigenvalue weighted by Gasteiger charge is -2.36. The van der Waals surface area contributed by atoms with Crippen LogP contribution >= 0.6 is 0 Å². The Labute approximate surface area is 125 Å². The van der Waals surface area contributed by atoms with Crippen molar-refractivity contribution in [1.29, 1.82) is 0 Å². The maximum Gasteiger partial charge on any atom is 0.223 e. The van der Waals surface area contributed by atoms with Crippen molar-refractivity contribution >= 4 is 11.6 Å². The number of carbonyl (C=O) groups is 1. The molecular formula is C16H24FN3O. The van der Waals surface area contributed by atoms with Crippen LogP contribution in [0.3, 0.4) is 0 Å². The van der Waals surface area contributed by atoms with E-state index in [1.54, 1.807) is 12.1 Å². The van der Waals surface area contributed by atoms with Crippen LogP contribution < -0.4 is 10.2 Å². The third-order valence-electron chi connectivity index (χ3n) is 3.72. The zero-order chi connectivity index (χ0) is 15.2. The van der Waals surface area contributed by atoms with Gasteiger partial charge in [0.15, 0.2) is 0 Å². The lowest BCUT2D eigenvalue weighted by molar-refractivity contribution is -0.131. The van der Waals surface area contributed by atoms with Gasteiger partial charge in [-0.25, -0.2) is 4.39 Å². The van der Waals surface area contributed by atoms with Crippen LogP contribution in [0.15, 0.2) is 24.3 Å². The van der Waals surface area contributed by atoms with E-state index in [0.29, 0.717) is 12.5 Å². The Morgan fingerprint density at radius 1 is 1.19 bits per heavy atom. The summed E-state index contributed by atoms with van der Waals surface area (Å²) >= 11 is 0. The Morgan fingerprint density at radius 3 is 2.38 bits per heavy atom. The molecule has 116 valence electrons. The largest absolute Gasteiger partial charge is 0.368 e. The first-order valence-corrected chi connectivity index (χ1v) is 7.58. The highest BCUT2D eigenvalue weighted by atomic mass is 19.1. The van der Waals surface area contributed by atoms with Gasteiger partial charge in [0.2, 0.25) is 5.91 Å². The molecule has 1 saturated heterocycles. The summed E-state index contributed by atoms with van der Waals surface area (Å²) in [6.07, 6.45) is 0.550. The zero-order valence-corrected chi connectivity index (χ0v) is 12.8. The van der Waals surface area contributed by atoms with E-state index in [9.17, 15) is 9.18 Å². The highest BCUT2D eigenvalue weighted by Crippen LogP contribution is 2.17. The Kier molecular flexibility index (Phi) is 5.56. The SMILES string of the molecule is CC(C)NCCC(=O)N1CCN(c2ccc(F)cc2)CC1. The summed E-state index contributed by atoms with van der Waals surface area (Å²) in [5, 5.41) is 3.26. The number of benzene rings is 1. The fourth-order valence-electron chi connectivity index (χ4n) is 2.49. The molecule has 1 aliphatic rings. The molecule has 1 heterocycles. The van der Waals surface area contributed by atoms with Gasteiger partial charge in [-0.15, -0.1) is 0 Å². The number of carbonyl (C=O) groups excluding carboxylic acids is 1. The fraction of sp³-hybridized carbons (Fsp3) is 0.562. The molecule has 1 fully saturated rings. The second-order valence-corrected chi connectivity index (χ2v) is 5.70. The number of anilines is 1. The van der Waals surface area contributed by atoms with Crippen LogP contribution in [0.2, 0.25) is 0 Å². The number of rotatable bonds is 5. The number of hydrogen-bond donors (Lipinski definition) is 1. The van der Waals surface area contributed by atoms with Crippen molar-refractivity contribution in [3.05, 3.63) is 30.1 Å². The first-order valence-electron chi connectivity index (χ1n) is 7.58.